The molecule has 0 spiro atoms. The summed E-state index contributed by atoms with van der Waals surface area (Å²) < 4.78 is 0. The summed E-state index contributed by atoms with van der Waals surface area (Å²) in [4.78, 5) is 17.5. The number of hydrogen-bond donors (Lipinski definition) is 2. The minimum atomic E-state index is -0.827. The van der Waals surface area contributed by atoms with E-state index < -0.39 is 5.60 Å². The van der Waals surface area contributed by atoms with E-state index in [1.165, 1.54) is 5.56 Å². The SMILES string of the molecule is CN=C(NCC1(O)CCc2ccccc21)N1CCN(c2ncccn2)CC1.I. The van der Waals surface area contributed by atoms with Gasteiger partial charge >= 0.3 is 0 Å². The van der Waals surface area contributed by atoms with E-state index in [1.807, 2.05) is 24.3 Å². The van der Waals surface area contributed by atoms with Crippen molar-refractivity contribution in [1.82, 2.24) is 20.2 Å². The zero-order valence-electron chi connectivity index (χ0n) is 16.1. The van der Waals surface area contributed by atoms with Gasteiger partial charge in [0.25, 0.3) is 0 Å². The monoisotopic (exact) mass is 494 g/mol. The van der Waals surface area contributed by atoms with Crippen molar-refractivity contribution in [3.63, 3.8) is 0 Å². The van der Waals surface area contributed by atoms with E-state index in [1.54, 1.807) is 19.4 Å². The van der Waals surface area contributed by atoms with Crippen LogP contribution in [0.25, 0.3) is 0 Å². The Kier molecular flexibility index (Phi) is 6.71. The third-order valence-corrected chi connectivity index (χ3v) is 5.49. The molecule has 2 heterocycles. The fraction of sp³-hybridized carbons (Fsp3) is 0.450. The molecule has 150 valence electrons. The summed E-state index contributed by atoms with van der Waals surface area (Å²) in [6.07, 6.45) is 5.21. The van der Waals surface area contributed by atoms with Crippen LogP contribution in [-0.4, -0.2) is 65.7 Å². The predicted octanol–water partition coefficient (Wildman–Crippen LogP) is 1.63. The number of hydrogen-bond acceptors (Lipinski definition) is 5. The molecule has 1 fully saturated rings. The van der Waals surface area contributed by atoms with Gasteiger partial charge in [0.15, 0.2) is 5.96 Å². The third-order valence-electron chi connectivity index (χ3n) is 5.49. The number of benzene rings is 1. The molecule has 1 saturated heterocycles. The molecule has 28 heavy (non-hydrogen) atoms. The molecule has 1 unspecified atom stereocenters. The van der Waals surface area contributed by atoms with Crippen molar-refractivity contribution in [3.05, 3.63) is 53.9 Å². The molecule has 0 radical (unpaired) electrons. The topological polar surface area (TPSA) is 76.9 Å². The highest BCUT2D eigenvalue weighted by Crippen LogP contribution is 2.36. The average molecular weight is 494 g/mol. The van der Waals surface area contributed by atoms with Crippen LogP contribution >= 0.6 is 24.0 Å². The number of fused-ring (bicyclic) bond motifs is 1. The van der Waals surface area contributed by atoms with E-state index in [-0.39, 0.29) is 24.0 Å². The summed E-state index contributed by atoms with van der Waals surface area (Å²) in [5.74, 6) is 1.61. The van der Waals surface area contributed by atoms with Crippen LogP contribution in [0.4, 0.5) is 5.95 Å². The van der Waals surface area contributed by atoms with E-state index >= 15 is 0 Å². The van der Waals surface area contributed by atoms with Gasteiger partial charge in [0.1, 0.15) is 5.60 Å². The minimum absolute atomic E-state index is 0. The Morgan fingerprint density at radius 2 is 1.86 bits per heavy atom. The van der Waals surface area contributed by atoms with Crippen LogP contribution in [0.3, 0.4) is 0 Å². The second-order valence-electron chi connectivity index (χ2n) is 7.11. The number of halogens is 1. The van der Waals surface area contributed by atoms with E-state index in [9.17, 15) is 5.11 Å². The molecule has 8 heteroatoms. The zero-order valence-corrected chi connectivity index (χ0v) is 18.4. The van der Waals surface area contributed by atoms with Gasteiger partial charge in [-0.3, -0.25) is 4.99 Å². The summed E-state index contributed by atoms with van der Waals surface area (Å²) in [6.45, 7) is 3.84. The first kappa shape index (κ1) is 20.8. The summed E-state index contributed by atoms with van der Waals surface area (Å²) in [5, 5.41) is 14.5. The molecular formula is C20H27IN6O. The first-order valence-corrected chi connectivity index (χ1v) is 9.48. The van der Waals surface area contributed by atoms with E-state index in [2.05, 4.69) is 36.1 Å². The molecule has 1 aromatic carbocycles. The van der Waals surface area contributed by atoms with Crippen LogP contribution in [0.15, 0.2) is 47.7 Å². The fourth-order valence-corrected chi connectivity index (χ4v) is 3.98. The lowest BCUT2D eigenvalue weighted by molar-refractivity contribution is 0.0425. The summed E-state index contributed by atoms with van der Waals surface area (Å²) >= 11 is 0. The van der Waals surface area contributed by atoms with Crippen molar-refractivity contribution < 1.29 is 5.11 Å². The van der Waals surface area contributed by atoms with Gasteiger partial charge in [-0.25, -0.2) is 9.97 Å². The number of aliphatic hydroxyl groups is 1. The number of nitrogens with zero attached hydrogens (tertiary/aromatic N) is 5. The summed E-state index contributed by atoms with van der Waals surface area (Å²) in [7, 11) is 1.79. The number of aliphatic imine (C=N–C) groups is 1. The maximum Gasteiger partial charge on any atom is 0.225 e. The smallest absolute Gasteiger partial charge is 0.225 e. The number of piperazine rings is 1. The van der Waals surface area contributed by atoms with E-state index in [4.69, 9.17) is 0 Å². The molecule has 0 bridgehead atoms. The Morgan fingerprint density at radius 1 is 1.14 bits per heavy atom. The minimum Gasteiger partial charge on any atom is -0.383 e. The lowest BCUT2D eigenvalue weighted by Gasteiger charge is -2.37. The van der Waals surface area contributed by atoms with Gasteiger partial charge in [-0.05, 0) is 30.0 Å². The van der Waals surface area contributed by atoms with Crippen LogP contribution in [-0.2, 0) is 12.0 Å². The predicted molar refractivity (Wildman–Crippen MR) is 121 cm³/mol. The van der Waals surface area contributed by atoms with Crippen molar-refractivity contribution in [1.29, 1.82) is 0 Å². The lowest BCUT2D eigenvalue weighted by Crippen LogP contribution is -2.54. The molecule has 2 N–H and O–H groups in total. The van der Waals surface area contributed by atoms with E-state index in [0.29, 0.717) is 6.54 Å². The van der Waals surface area contributed by atoms with Crippen LogP contribution in [0.1, 0.15) is 17.5 Å². The Hall–Kier alpha value is -1.94. The number of aryl methyl sites for hydroxylation is 1. The van der Waals surface area contributed by atoms with Crippen molar-refractivity contribution in [3.8, 4) is 0 Å². The standard InChI is InChI=1S/C20H26N6O.HI/c1-21-18(24-15-20(27)8-7-16-5-2-3-6-17(16)20)25-11-13-26(14-12-25)19-22-9-4-10-23-19;/h2-6,9-10,27H,7-8,11-15H2,1H3,(H,21,24);1H. The zero-order chi connectivity index (χ0) is 18.7. The molecule has 4 rings (SSSR count). The lowest BCUT2D eigenvalue weighted by atomic mass is 9.96. The molecule has 1 aliphatic carbocycles. The highest BCUT2D eigenvalue weighted by Gasteiger charge is 2.36. The van der Waals surface area contributed by atoms with Crippen molar-refractivity contribution in [2.75, 3.05) is 44.7 Å². The third kappa shape index (κ3) is 4.22. The number of aromatic nitrogens is 2. The fourth-order valence-electron chi connectivity index (χ4n) is 3.98. The van der Waals surface area contributed by atoms with Gasteiger partial charge in [-0.15, -0.1) is 24.0 Å². The normalized spacial score (nSPS) is 21.9. The summed E-state index contributed by atoms with van der Waals surface area (Å²) in [6, 6.07) is 10.00. The maximum absolute atomic E-state index is 11.1. The van der Waals surface area contributed by atoms with Gasteiger partial charge in [0, 0.05) is 45.6 Å². The Bertz CT molecular complexity index is 809. The van der Waals surface area contributed by atoms with Gasteiger partial charge in [0.05, 0.1) is 6.54 Å². The largest absolute Gasteiger partial charge is 0.383 e. The molecule has 1 aliphatic heterocycles. The number of rotatable bonds is 3. The van der Waals surface area contributed by atoms with Crippen molar-refractivity contribution >= 4 is 35.9 Å². The quantitative estimate of drug-likeness (QED) is 0.384. The Balaban J connectivity index is 0.00000225. The van der Waals surface area contributed by atoms with Crippen molar-refractivity contribution in [2.24, 2.45) is 4.99 Å². The molecule has 0 saturated carbocycles. The molecule has 2 aliphatic rings. The van der Waals surface area contributed by atoms with Crippen LogP contribution in [0.2, 0.25) is 0 Å². The number of nitrogens with one attached hydrogen (secondary N) is 1. The molecular weight excluding hydrogens is 467 g/mol. The van der Waals surface area contributed by atoms with Gasteiger partial charge < -0.3 is 20.2 Å². The van der Waals surface area contributed by atoms with Gasteiger partial charge in [-0.1, -0.05) is 24.3 Å². The number of guanidine groups is 1. The first-order chi connectivity index (χ1) is 13.2. The van der Waals surface area contributed by atoms with Crippen molar-refractivity contribution in [2.45, 2.75) is 18.4 Å². The molecule has 2 aromatic rings. The van der Waals surface area contributed by atoms with Gasteiger partial charge in [0.2, 0.25) is 5.95 Å². The molecule has 1 atom stereocenters. The second-order valence-corrected chi connectivity index (χ2v) is 7.11. The first-order valence-electron chi connectivity index (χ1n) is 9.48. The Morgan fingerprint density at radius 3 is 2.57 bits per heavy atom. The highest BCUT2D eigenvalue weighted by molar-refractivity contribution is 14.0. The van der Waals surface area contributed by atoms with Gasteiger partial charge in [-0.2, -0.15) is 0 Å². The maximum atomic E-state index is 11.1. The summed E-state index contributed by atoms with van der Waals surface area (Å²) in [5.41, 5.74) is 1.46. The average Bonchev–Trinajstić information content (AvgIpc) is 3.07. The molecule has 0 amide bonds. The van der Waals surface area contributed by atoms with Crippen LogP contribution in [0, 0.1) is 0 Å². The highest BCUT2D eigenvalue weighted by atomic mass is 127. The molecule has 7 nitrogen and oxygen atoms in total. The van der Waals surface area contributed by atoms with Crippen LogP contribution in [0.5, 0.6) is 0 Å². The Labute approximate surface area is 182 Å². The van der Waals surface area contributed by atoms with Crippen LogP contribution < -0.4 is 10.2 Å². The van der Waals surface area contributed by atoms with E-state index in [0.717, 1.165) is 56.5 Å². The molecule has 1 aromatic heterocycles. The second kappa shape index (κ2) is 9.04. The number of anilines is 1.